The summed E-state index contributed by atoms with van der Waals surface area (Å²) in [5.41, 5.74) is 1.83. The van der Waals surface area contributed by atoms with Crippen molar-refractivity contribution in [1.29, 1.82) is 0 Å². The van der Waals surface area contributed by atoms with E-state index in [1.165, 1.54) is 31.2 Å². The summed E-state index contributed by atoms with van der Waals surface area (Å²) in [6.07, 6.45) is 5.00. The van der Waals surface area contributed by atoms with Crippen LogP contribution in [0.25, 0.3) is 0 Å². The molecule has 1 aliphatic heterocycles. The van der Waals surface area contributed by atoms with Gasteiger partial charge in [0.1, 0.15) is 5.75 Å². The van der Waals surface area contributed by atoms with E-state index in [2.05, 4.69) is 32.4 Å². The Balaban J connectivity index is 1.64. The van der Waals surface area contributed by atoms with E-state index in [0.717, 1.165) is 13.1 Å². The Bertz CT molecular complexity index is 731. The molecule has 1 saturated heterocycles. The van der Waals surface area contributed by atoms with Gasteiger partial charge < -0.3 is 15.4 Å². The van der Waals surface area contributed by atoms with Gasteiger partial charge in [0.15, 0.2) is 0 Å². The van der Waals surface area contributed by atoms with Crippen molar-refractivity contribution in [3.63, 3.8) is 0 Å². The van der Waals surface area contributed by atoms with Gasteiger partial charge >= 0.3 is 6.03 Å². The number of rotatable bonds is 6. The highest BCUT2D eigenvalue weighted by atomic mass is 35.5. The molecule has 0 aliphatic carbocycles. The average molecular weight is 408 g/mol. The van der Waals surface area contributed by atoms with Crippen LogP contribution in [0.1, 0.15) is 37.3 Å². The molecule has 1 aromatic heterocycles. The van der Waals surface area contributed by atoms with Crippen LogP contribution in [0, 0.1) is 0 Å². The predicted octanol–water partition coefficient (Wildman–Crippen LogP) is 5.15. The number of amides is 2. The minimum atomic E-state index is -0.259. The first-order valence-electron chi connectivity index (χ1n) is 9.32. The summed E-state index contributed by atoms with van der Waals surface area (Å²) in [5.74, 6) is 0.580. The highest BCUT2D eigenvalue weighted by Gasteiger charge is 2.22. The van der Waals surface area contributed by atoms with E-state index in [0.29, 0.717) is 23.0 Å². The monoisotopic (exact) mass is 407 g/mol. The quantitative estimate of drug-likeness (QED) is 0.696. The number of nitrogens with one attached hydrogen (secondary N) is 2. The van der Waals surface area contributed by atoms with Crippen LogP contribution < -0.4 is 15.4 Å². The average Bonchev–Trinajstić information content (AvgIpc) is 3.05. The van der Waals surface area contributed by atoms with Crippen LogP contribution >= 0.6 is 22.9 Å². The zero-order valence-electron chi connectivity index (χ0n) is 15.5. The van der Waals surface area contributed by atoms with E-state index in [9.17, 15) is 4.79 Å². The number of ether oxygens (including phenoxy) is 1. The first kappa shape index (κ1) is 20.0. The minimum Gasteiger partial charge on any atom is -0.495 e. The van der Waals surface area contributed by atoms with E-state index >= 15 is 0 Å². The molecule has 3 rings (SSSR count). The normalized spacial score (nSPS) is 16.4. The molecule has 1 fully saturated rings. The Morgan fingerprint density at radius 3 is 2.70 bits per heavy atom. The SMILES string of the molecule is COc1ccc(Cl)cc1NC(=O)NCC(c1ccsc1)N1CCCCCC1. The number of carbonyl (C=O) groups is 1. The first-order valence-corrected chi connectivity index (χ1v) is 10.6. The number of halogens is 1. The molecular formula is C20H26ClN3O2S. The second kappa shape index (κ2) is 9.97. The Kier molecular flexibility index (Phi) is 7.38. The number of urea groups is 1. The Morgan fingerprint density at radius 1 is 1.26 bits per heavy atom. The van der Waals surface area contributed by atoms with Gasteiger partial charge in [-0.15, -0.1) is 0 Å². The van der Waals surface area contributed by atoms with Crippen molar-refractivity contribution in [3.8, 4) is 5.75 Å². The fourth-order valence-corrected chi connectivity index (χ4v) is 4.34. The van der Waals surface area contributed by atoms with E-state index in [1.54, 1.807) is 36.6 Å². The smallest absolute Gasteiger partial charge is 0.319 e. The highest BCUT2D eigenvalue weighted by Crippen LogP contribution is 2.28. The summed E-state index contributed by atoms with van der Waals surface area (Å²) >= 11 is 7.73. The third-order valence-electron chi connectivity index (χ3n) is 4.88. The lowest BCUT2D eigenvalue weighted by Gasteiger charge is -2.30. The van der Waals surface area contributed by atoms with Gasteiger partial charge in [-0.2, -0.15) is 11.3 Å². The number of benzene rings is 1. The molecule has 2 heterocycles. The van der Waals surface area contributed by atoms with E-state index in [1.807, 2.05) is 0 Å². The van der Waals surface area contributed by atoms with Crippen LogP contribution in [0.2, 0.25) is 5.02 Å². The lowest BCUT2D eigenvalue weighted by atomic mass is 10.1. The van der Waals surface area contributed by atoms with Crippen molar-refractivity contribution >= 4 is 34.7 Å². The summed E-state index contributed by atoms with van der Waals surface area (Å²) in [6.45, 7) is 2.71. The molecule has 146 valence electrons. The van der Waals surface area contributed by atoms with Crippen molar-refractivity contribution in [2.75, 3.05) is 32.1 Å². The van der Waals surface area contributed by atoms with Gasteiger partial charge in [0.05, 0.1) is 18.8 Å². The lowest BCUT2D eigenvalue weighted by molar-refractivity contribution is 0.199. The molecule has 5 nitrogen and oxygen atoms in total. The van der Waals surface area contributed by atoms with Gasteiger partial charge in [-0.05, 0) is 66.5 Å². The molecule has 27 heavy (non-hydrogen) atoms. The van der Waals surface area contributed by atoms with Crippen molar-refractivity contribution < 1.29 is 9.53 Å². The first-order chi connectivity index (χ1) is 13.2. The molecule has 1 aromatic carbocycles. The van der Waals surface area contributed by atoms with Crippen LogP contribution in [0.3, 0.4) is 0 Å². The Labute approximate surface area is 169 Å². The summed E-state index contributed by atoms with van der Waals surface area (Å²) < 4.78 is 5.29. The number of anilines is 1. The number of hydrogen-bond donors (Lipinski definition) is 2. The third kappa shape index (κ3) is 5.61. The lowest BCUT2D eigenvalue weighted by Crippen LogP contribution is -2.40. The third-order valence-corrected chi connectivity index (χ3v) is 5.81. The van der Waals surface area contributed by atoms with Crippen LogP contribution in [0.4, 0.5) is 10.5 Å². The van der Waals surface area contributed by atoms with E-state index < -0.39 is 0 Å². The van der Waals surface area contributed by atoms with Crippen LogP contribution in [0.5, 0.6) is 5.75 Å². The van der Waals surface area contributed by atoms with Gasteiger partial charge in [0.25, 0.3) is 0 Å². The van der Waals surface area contributed by atoms with Crippen LogP contribution in [-0.2, 0) is 0 Å². The van der Waals surface area contributed by atoms with Crippen LogP contribution in [-0.4, -0.2) is 37.7 Å². The molecule has 7 heteroatoms. The highest BCUT2D eigenvalue weighted by molar-refractivity contribution is 7.08. The fraction of sp³-hybridized carbons (Fsp3) is 0.450. The maximum Gasteiger partial charge on any atom is 0.319 e. The maximum atomic E-state index is 12.5. The largest absolute Gasteiger partial charge is 0.495 e. The number of likely N-dealkylation sites (tertiary alicyclic amines) is 1. The molecule has 1 unspecified atom stereocenters. The molecule has 0 radical (unpaired) electrons. The summed E-state index contributed by atoms with van der Waals surface area (Å²) in [5, 5.41) is 10.7. The van der Waals surface area contributed by atoms with E-state index in [4.69, 9.17) is 16.3 Å². The molecule has 2 amide bonds. The standard InChI is InChI=1S/C20H26ClN3O2S/c1-26-19-7-6-16(21)12-17(19)23-20(25)22-13-18(15-8-11-27-14-15)24-9-4-2-3-5-10-24/h6-8,11-12,14,18H,2-5,9-10,13H2,1H3,(H2,22,23,25). The number of methoxy groups -OCH3 is 1. The van der Waals surface area contributed by atoms with Gasteiger partial charge in [-0.1, -0.05) is 24.4 Å². The maximum absolute atomic E-state index is 12.5. The molecule has 2 N–H and O–H groups in total. The second-order valence-corrected chi connectivity index (χ2v) is 7.92. The Morgan fingerprint density at radius 2 is 2.04 bits per heavy atom. The molecule has 0 bridgehead atoms. The molecule has 2 aromatic rings. The fourth-order valence-electron chi connectivity index (χ4n) is 3.46. The zero-order valence-corrected chi connectivity index (χ0v) is 17.1. The van der Waals surface area contributed by atoms with Gasteiger partial charge in [-0.25, -0.2) is 4.79 Å². The van der Waals surface area contributed by atoms with Crippen molar-refractivity contribution in [2.24, 2.45) is 0 Å². The van der Waals surface area contributed by atoms with Gasteiger partial charge in [-0.3, -0.25) is 4.90 Å². The zero-order chi connectivity index (χ0) is 19.1. The topological polar surface area (TPSA) is 53.6 Å². The minimum absolute atomic E-state index is 0.196. The predicted molar refractivity (Wildman–Crippen MR) is 112 cm³/mol. The van der Waals surface area contributed by atoms with Crippen LogP contribution in [0.15, 0.2) is 35.0 Å². The van der Waals surface area contributed by atoms with Crippen molar-refractivity contribution in [1.82, 2.24) is 10.2 Å². The molecule has 0 spiro atoms. The van der Waals surface area contributed by atoms with Crippen molar-refractivity contribution in [2.45, 2.75) is 31.7 Å². The second-order valence-electron chi connectivity index (χ2n) is 6.70. The molecule has 0 saturated carbocycles. The summed E-state index contributed by atoms with van der Waals surface area (Å²) in [6, 6.07) is 7.25. The number of nitrogens with zero attached hydrogens (tertiary/aromatic N) is 1. The number of hydrogen-bond acceptors (Lipinski definition) is 4. The van der Waals surface area contributed by atoms with E-state index in [-0.39, 0.29) is 12.1 Å². The van der Waals surface area contributed by atoms with Crippen molar-refractivity contribution in [3.05, 3.63) is 45.6 Å². The summed E-state index contributed by atoms with van der Waals surface area (Å²) in [4.78, 5) is 15.0. The van der Waals surface area contributed by atoms with Gasteiger partial charge in [0, 0.05) is 11.6 Å². The number of thiophene rings is 1. The molecular weight excluding hydrogens is 382 g/mol. The molecule has 1 aliphatic rings. The van der Waals surface area contributed by atoms with Gasteiger partial charge in [0.2, 0.25) is 0 Å². The molecule has 1 atom stereocenters. The number of carbonyl (C=O) groups excluding carboxylic acids is 1. The Hall–Kier alpha value is -1.76. The summed E-state index contributed by atoms with van der Waals surface area (Å²) in [7, 11) is 1.57.